The van der Waals surface area contributed by atoms with Crippen LogP contribution in [0, 0.1) is 0 Å². The highest BCUT2D eigenvalue weighted by Gasteiger charge is 2.15. The summed E-state index contributed by atoms with van der Waals surface area (Å²) in [5.74, 6) is 0.289. The molecule has 0 aliphatic carbocycles. The van der Waals surface area contributed by atoms with Crippen LogP contribution >= 0.6 is 0 Å². The van der Waals surface area contributed by atoms with E-state index in [4.69, 9.17) is 9.47 Å². The molecule has 0 fully saturated rings. The Morgan fingerprint density at radius 2 is 1.00 bits per heavy atom. The SMILES string of the molecule is CCCC(C)=O.CCCCNC(=O)OC(C)(C)C.CCCCNC(=O)OC(C)(C)C. The van der Waals surface area contributed by atoms with Gasteiger partial charge in [-0.15, -0.1) is 0 Å². The fraction of sp³-hybridized carbons (Fsp3) is 0.870. The number of carbonyl (C=O) groups excluding carboxylic acids is 3. The Morgan fingerprint density at radius 3 is 1.17 bits per heavy atom. The third kappa shape index (κ3) is 37.0. The molecular weight excluding hydrogens is 384 g/mol. The van der Waals surface area contributed by atoms with E-state index in [2.05, 4.69) is 24.5 Å². The maximum atomic E-state index is 11.0. The van der Waals surface area contributed by atoms with Crippen molar-refractivity contribution in [1.82, 2.24) is 10.6 Å². The fourth-order valence-corrected chi connectivity index (χ4v) is 1.71. The van der Waals surface area contributed by atoms with E-state index < -0.39 is 11.2 Å². The number of alkyl carbamates (subject to hydrolysis) is 2. The Bertz CT molecular complexity index is 417. The van der Waals surface area contributed by atoms with Crippen LogP contribution in [-0.4, -0.2) is 42.3 Å². The zero-order chi connectivity index (χ0) is 24.2. The number of nitrogens with one attached hydrogen (secondary N) is 2. The highest BCUT2D eigenvalue weighted by molar-refractivity contribution is 5.75. The number of ketones is 1. The first kappa shape index (κ1) is 32.9. The van der Waals surface area contributed by atoms with Crippen LogP contribution in [-0.2, 0) is 14.3 Å². The zero-order valence-electron chi connectivity index (χ0n) is 21.2. The van der Waals surface area contributed by atoms with Crippen LogP contribution in [0.25, 0.3) is 0 Å². The summed E-state index contributed by atoms with van der Waals surface area (Å²) in [6.45, 7) is 20.3. The summed E-state index contributed by atoms with van der Waals surface area (Å²) in [4.78, 5) is 32.0. The molecule has 2 N–H and O–H groups in total. The molecule has 0 spiro atoms. The molecule has 0 saturated heterocycles. The predicted molar refractivity (Wildman–Crippen MR) is 124 cm³/mol. The third-order valence-electron chi connectivity index (χ3n) is 3.00. The monoisotopic (exact) mass is 432 g/mol. The topological polar surface area (TPSA) is 93.7 Å². The summed E-state index contributed by atoms with van der Waals surface area (Å²) in [6, 6.07) is 0. The quantitative estimate of drug-likeness (QED) is 0.459. The van der Waals surface area contributed by atoms with Crippen molar-refractivity contribution >= 4 is 18.0 Å². The molecule has 0 atom stereocenters. The number of Topliss-reactive ketones (excluding diaryl/α,β-unsaturated/α-hetero) is 1. The molecule has 0 heterocycles. The van der Waals surface area contributed by atoms with E-state index >= 15 is 0 Å². The summed E-state index contributed by atoms with van der Waals surface area (Å²) in [5.41, 5.74) is -0.785. The van der Waals surface area contributed by atoms with Gasteiger partial charge in [-0.05, 0) is 67.7 Å². The molecule has 30 heavy (non-hydrogen) atoms. The van der Waals surface area contributed by atoms with E-state index in [1.807, 2.05) is 48.5 Å². The van der Waals surface area contributed by atoms with Crippen molar-refractivity contribution in [3.8, 4) is 0 Å². The molecule has 0 saturated carbocycles. The van der Waals surface area contributed by atoms with Crippen molar-refractivity contribution in [1.29, 1.82) is 0 Å². The summed E-state index contributed by atoms with van der Waals surface area (Å²) in [5, 5.41) is 5.36. The van der Waals surface area contributed by atoms with Crippen LogP contribution in [0.5, 0.6) is 0 Å². The summed E-state index contributed by atoms with van der Waals surface area (Å²) >= 11 is 0. The molecule has 0 aromatic heterocycles. The second kappa shape index (κ2) is 19.2. The van der Waals surface area contributed by atoms with Gasteiger partial charge in [0.1, 0.15) is 17.0 Å². The molecule has 180 valence electrons. The molecule has 7 nitrogen and oxygen atoms in total. The van der Waals surface area contributed by atoms with Crippen molar-refractivity contribution in [2.24, 2.45) is 0 Å². The molecule has 0 aliphatic rings. The third-order valence-corrected chi connectivity index (χ3v) is 3.00. The Balaban J connectivity index is -0.000000386. The van der Waals surface area contributed by atoms with Gasteiger partial charge in [0.25, 0.3) is 0 Å². The van der Waals surface area contributed by atoms with Crippen molar-refractivity contribution in [2.45, 2.75) is 119 Å². The van der Waals surface area contributed by atoms with Crippen molar-refractivity contribution in [3.05, 3.63) is 0 Å². The smallest absolute Gasteiger partial charge is 0.407 e. The van der Waals surface area contributed by atoms with Crippen LogP contribution < -0.4 is 10.6 Å². The van der Waals surface area contributed by atoms with E-state index in [9.17, 15) is 14.4 Å². The first-order valence-corrected chi connectivity index (χ1v) is 11.1. The number of rotatable bonds is 8. The van der Waals surface area contributed by atoms with E-state index in [1.54, 1.807) is 6.92 Å². The van der Waals surface area contributed by atoms with E-state index in [0.717, 1.165) is 38.5 Å². The van der Waals surface area contributed by atoms with Gasteiger partial charge in [-0.1, -0.05) is 33.6 Å². The lowest BCUT2D eigenvalue weighted by molar-refractivity contribution is -0.117. The lowest BCUT2D eigenvalue weighted by atomic mass is 10.2. The Morgan fingerprint density at radius 1 is 0.667 bits per heavy atom. The van der Waals surface area contributed by atoms with Crippen LogP contribution in [0.4, 0.5) is 9.59 Å². The molecular formula is C23H48N2O5. The molecule has 2 amide bonds. The molecule has 0 rings (SSSR count). The number of ether oxygens (including phenoxy) is 2. The van der Waals surface area contributed by atoms with Gasteiger partial charge >= 0.3 is 12.2 Å². The number of hydrogen-bond acceptors (Lipinski definition) is 5. The first-order chi connectivity index (χ1) is 13.7. The summed E-state index contributed by atoms with van der Waals surface area (Å²) < 4.78 is 10.1. The van der Waals surface area contributed by atoms with Gasteiger partial charge in [-0.25, -0.2) is 9.59 Å². The Kier molecular flexibility index (Phi) is 21.0. The maximum Gasteiger partial charge on any atom is 0.407 e. The van der Waals surface area contributed by atoms with E-state index in [-0.39, 0.29) is 18.0 Å². The minimum absolute atomic E-state index is 0.289. The highest BCUT2D eigenvalue weighted by atomic mass is 16.6. The fourth-order valence-electron chi connectivity index (χ4n) is 1.71. The van der Waals surface area contributed by atoms with E-state index in [1.165, 1.54) is 0 Å². The average Bonchev–Trinajstić information content (AvgIpc) is 2.53. The van der Waals surface area contributed by atoms with Gasteiger partial charge in [0, 0.05) is 19.5 Å². The molecule has 0 bridgehead atoms. The maximum absolute atomic E-state index is 11.0. The second-order valence-electron chi connectivity index (χ2n) is 9.02. The molecule has 7 heteroatoms. The van der Waals surface area contributed by atoms with Crippen LogP contribution in [0.15, 0.2) is 0 Å². The minimum atomic E-state index is -0.393. The number of unbranched alkanes of at least 4 members (excludes halogenated alkanes) is 2. The molecule has 0 aromatic carbocycles. The zero-order valence-corrected chi connectivity index (χ0v) is 21.2. The summed E-state index contributed by atoms with van der Waals surface area (Å²) in [7, 11) is 0. The molecule has 0 aliphatic heterocycles. The second-order valence-corrected chi connectivity index (χ2v) is 9.02. The predicted octanol–water partition coefficient (Wildman–Crippen LogP) is 6.00. The van der Waals surface area contributed by atoms with Crippen molar-refractivity contribution in [2.75, 3.05) is 13.1 Å². The van der Waals surface area contributed by atoms with Gasteiger partial charge < -0.3 is 24.9 Å². The lowest BCUT2D eigenvalue weighted by Gasteiger charge is -2.19. The molecule has 0 radical (unpaired) electrons. The van der Waals surface area contributed by atoms with E-state index in [0.29, 0.717) is 13.1 Å². The van der Waals surface area contributed by atoms with Gasteiger partial charge in [-0.3, -0.25) is 0 Å². The standard InChI is InChI=1S/2C9H19NO2.C5H10O/c2*1-5-6-7-10-8(11)12-9(2,3)4;1-3-4-5(2)6/h2*5-7H2,1-4H3,(H,10,11);3-4H2,1-2H3. The molecule has 0 aromatic rings. The minimum Gasteiger partial charge on any atom is -0.444 e. The van der Waals surface area contributed by atoms with Crippen LogP contribution in [0.1, 0.15) is 108 Å². The Hall–Kier alpha value is -1.79. The van der Waals surface area contributed by atoms with Gasteiger partial charge in [-0.2, -0.15) is 0 Å². The number of carbonyl (C=O) groups is 3. The van der Waals surface area contributed by atoms with Gasteiger partial charge in [0.05, 0.1) is 0 Å². The molecule has 0 unspecified atom stereocenters. The lowest BCUT2D eigenvalue weighted by Crippen LogP contribution is -2.32. The van der Waals surface area contributed by atoms with Crippen molar-refractivity contribution in [3.63, 3.8) is 0 Å². The largest absolute Gasteiger partial charge is 0.444 e. The van der Waals surface area contributed by atoms with Gasteiger partial charge in [0.2, 0.25) is 0 Å². The van der Waals surface area contributed by atoms with Gasteiger partial charge in [0.15, 0.2) is 0 Å². The van der Waals surface area contributed by atoms with Crippen molar-refractivity contribution < 1.29 is 23.9 Å². The normalized spacial score (nSPS) is 10.5. The Labute approximate surface area is 185 Å². The van der Waals surface area contributed by atoms with Crippen LogP contribution in [0.3, 0.4) is 0 Å². The number of hydrogen-bond donors (Lipinski definition) is 2. The highest BCUT2D eigenvalue weighted by Crippen LogP contribution is 2.06. The average molecular weight is 433 g/mol. The van der Waals surface area contributed by atoms with Crippen LogP contribution in [0.2, 0.25) is 0 Å². The first-order valence-electron chi connectivity index (χ1n) is 11.1. The summed E-state index contributed by atoms with van der Waals surface area (Å²) in [6.07, 6.45) is 5.23. The number of amides is 2.